The number of halogens is 2. The molecule has 0 spiro atoms. The normalized spacial score (nSPS) is 10.3. The Bertz CT molecular complexity index is 280. The van der Waals surface area contributed by atoms with Crippen LogP contribution in [0.5, 0.6) is 0 Å². The van der Waals surface area contributed by atoms with Gasteiger partial charge in [-0.1, -0.05) is 11.6 Å². The Morgan fingerprint density at radius 1 is 1.46 bits per heavy atom. The minimum Gasteiger partial charge on any atom is -0.398 e. The van der Waals surface area contributed by atoms with Crippen molar-refractivity contribution >= 4 is 29.1 Å². The van der Waals surface area contributed by atoms with Crippen LogP contribution in [0.3, 0.4) is 0 Å². The van der Waals surface area contributed by atoms with E-state index in [1.807, 2.05) is 6.07 Å². The summed E-state index contributed by atoms with van der Waals surface area (Å²) < 4.78 is 11.8. The molecule has 4 heteroatoms. The van der Waals surface area contributed by atoms with E-state index in [-0.39, 0.29) is 6.67 Å². The van der Waals surface area contributed by atoms with Crippen LogP contribution in [0.25, 0.3) is 0 Å². The molecule has 0 aliphatic rings. The topological polar surface area (TPSA) is 26.0 Å². The van der Waals surface area contributed by atoms with Crippen molar-refractivity contribution < 1.29 is 4.39 Å². The van der Waals surface area contributed by atoms with E-state index in [4.69, 9.17) is 17.3 Å². The van der Waals surface area contributed by atoms with Crippen LogP contribution in [0.15, 0.2) is 23.1 Å². The van der Waals surface area contributed by atoms with Crippen molar-refractivity contribution in [3.05, 3.63) is 23.2 Å². The molecule has 0 bridgehead atoms. The smallest absolute Gasteiger partial charge is 0.0902 e. The third-order valence-electron chi connectivity index (χ3n) is 1.51. The van der Waals surface area contributed by atoms with Crippen molar-refractivity contribution in [2.45, 2.75) is 11.3 Å². The molecule has 0 aromatic heterocycles. The lowest BCUT2D eigenvalue weighted by Gasteiger charge is -2.04. The van der Waals surface area contributed by atoms with Crippen LogP contribution in [0.2, 0.25) is 5.02 Å². The Hall–Kier alpha value is -0.410. The maximum atomic E-state index is 11.8. The summed E-state index contributed by atoms with van der Waals surface area (Å²) in [6, 6.07) is 5.36. The van der Waals surface area contributed by atoms with Gasteiger partial charge in [-0.2, -0.15) is 0 Å². The van der Waals surface area contributed by atoms with E-state index in [1.54, 1.807) is 23.9 Å². The molecule has 0 heterocycles. The molecule has 1 nitrogen and oxygen atoms in total. The standard InChI is InChI=1S/C9H11ClFNS/c10-7-2-3-9(8(12)6-7)13-5-1-4-11/h2-3,6H,1,4-5,12H2. The lowest BCUT2D eigenvalue weighted by atomic mass is 10.3. The van der Waals surface area contributed by atoms with Crippen LogP contribution in [-0.4, -0.2) is 12.4 Å². The number of nitrogen functional groups attached to an aromatic ring is 1. The number of alkyl halides is 1. The predicted molar refractivity (Wildman–Crippen MR) is 57.2 cm³/mol. The lowest BCUT2D eigenvalue weighted by molar-refractivity contribution is 0.489. The summed E-state index contributed by atoms with van der Waals surface area (Å²) in [6.45, 7) is -0.277. The number of benzene rings is 1. The molecule has 0 saturated heterocycles. The highest BCUT2D eigenvalue weighted by Gasteiger charge is 1.99. The van der Waals surface area contributed by atoms with Crippen molar-refractivity contribution in [3.63, 3.8) is 0 Å². The van der Waals surface area contributed by atoms with Crippen LogP contribution in [0, 0.1) is 0 Å². The van der Waals surface area contributed by atoms with Gasteiger partial charge in [-0.25, -0.2) is 0 Å². The lowest BCUT2D eigenvalue weighted by Crippen LogP contribution is -1.89. The quantitative estimate of drug-likeness (QED) is 0.477. The summed E-state index contributed by atoms with van der Waals surface area (Å²) in [5, 5.41) is 0.632. The third-order valence-corrected chi connectivity index (χ3v) is 2.92. The first-order valence-corrected chi connectivity index (χ1v) is 5.34. The van der Waals surface area contributed by atoms with E-state index in [1.165, 1.54) is 0 Å². The average Bonchev–Trinajstić information content (AvgIpc) is 2.09. The Kier molecular flexibility index (Phi) is 4.39. The number of thioether (sulfide) groups is 1. The summed E-state index contributed by atoms with van der Waals surface area (Å²) in [5.41, 5.74) is 6.37. The Labute approximate surface area is 86.5 Å². The second-order valence-electron chi connectivity index (χ2n) is 2.57. The number of hydrogen-bond acceptors (Lipinski definition) is 2. The number of nitrogens with two attached hydrogens (primary N) is 1. The molecule has 13 heavy (non-hydrogen) atoms. The average molecular weight is 220 g/mol. The van der Waals surface area contributed by atoms with Gasteiger partial charge in [0.25, 0.3) is 0 Å². The molecule has 0 fully saturated rings. The number of anilines is 1. The highest BCUT2D eigenvalue weighted by molar-refractivity contribution is 7.99. The van der Waals surface area contributed by atoms with E-state index < -0.39 is 0 Å². The predicted octanol–water partition coefficient (Wildman–Crippen LogP) is 3.37. The SMILES string of the molecule is Nc1cc(Cl)ccc1SCCCF. The van der Waals surface area contributed by atoms with Gasteiger partial charge in [0.15, 0.2) is 0 Å². The summed E-state index contributed by atoms with van der Waals surface area (Å²) in [4.78, 5) is 0.970. The molecule has 0 atom stereocenters. The zero-order valence-electron chi connectivity index (χ0n) is 7.09. The minimum atomic E-state index is -0.277. The van der Waals surface area contributed by atoms with Crippen LogP contribution < -0.4 is 5.73 Å². The maximum Gasteiger partial charge on any atom is 0.0902 e. The Morgan fingerprint density at radius 3 is 2.85 bits per heavy atom. The number of rotatable bonds is 4. The van der Waals surface area contributed by atoms with Gasteiger partial charge in [-0.3, -0.25) is 4.39 Å². The molecule has 0 amide bonds. The van der Waals surface area contributed by atoms with Crippen molar-refractivity contribution in [3.8, 4) is 0 Å². The van der Waals surface area contributed by atoms with Crippen LogP contribution in [0.1, 0.15) is 6.42 Å². The van der Waals surface area contributed by atoms with E-state index >= 15 is 0 Å². The summed E-state index contributed by atoms with van der Waals surface area (Å²) in [7, 11) is 0. The first-order valence-electron chi connectivity index (χ1n) is 3.98. The fourth-order valence-corrected chi connectivity index (χ4v) is 1.93. The molecule has 0 radical (unpaired) electrons. The molecule has 1 rings (SSSR count). The minimum absolute atomic E-state index is 0.277. The molecule has 0 unspecified atom stereocenters. The van der Waals surface area contributed by atoms with Gasteiger partial charge in [0.05, 0.1) is 6.67 Å². The second-order valence-corrected chi connectivity index (χ2v) is 4.15. The fourth-order valence-electron chi connectivity index (χ4n) is 0.887. The monoisotopic (exact) mass is 219 g/mol. The molecule has 1 aromatic carbocycles. The zero-order chi connectivity index (χ0) is 9.68. The summed E-state index contributed by atoms with van der Waals surface area (Å²) >= 11 is 7.29. The van der Waals surface area contributed by atoms with Gasteiger partial charge >= 0.3 is 0 Å². The molecule has 2 N–H and O–H groups in total. The van der Waals surface area contributed by atoms with Gasteiger partial charge in [-0.05, 0) is 24.6 Å². The molecule has 1 aromatic rings. The van der Waals surface area contributed by atoms with Crippen LogP contribution in [-0.2, 0) is 0 Å². The van der Waals surface area contributed by atoms with Gasteiger partial charge in [-0.15, -0.1) is 11.8 Å². The molecule has 0 saturated carbocycles. The van der Waals surface area contributed by atoms with Crippen molar-refractivity contribution in [1.82, 2.24) is 0 Å². The fraction of sp³-hybridized carbons (Fsp3) is 0.333. The van der Waals surface area contributed by atoms with E-state index in [0.29, 0.717) is 17.1 Å². The largest absolute Gasteiger partial charge is 0.398 e. The van der Waals surface area contributed by atoms with Gasteiger partial charge in [0, 0.05) is 21.4 Å². The molecule has 0 aliphatic carbocycles. The van der Waals surface area contributed by atoms with Gasteiger partial charge in [0.2, 0.25) is 0 Å². The van der Waals surface area contributed by atoms with E-state index in [9.17, 15) is 4.39 Å². The Balaban J connectivity index is 2.56. The Morgan fingerprint density at radius 2 is 2.23 bits per heavy atom. The zero-order valence-corrected chi connectivity index (χ0v) is 8.67. The van der Waals surface area contributed by atoms with Crippen LogP contribution >= 0.6 is 23.4 Å². The van der Waals surface area contributed by atoms with Gasteiger partial charge in [0.1, 0.15) is 0 Å². The van der Waals surface area contributed by atoms with E-state index in [0.717, 1.165) is 10.6 Å². The highest BCUT2D eigenvalue weighted by Crippen LogP contribution is 2.27. The van der Waals surface area contributed by atoms with Gasteiger partial charge < -0.3 is 5.73 Å². The molecule has 72 valence electrons. The maximum absolute atomic E-state index is 11.8. The third kappa shape index (κ3) is 3.44. The summed E-state index contributed by atoms with van der Waals surface area (Å²) in [6.07, 6.45) is 0.562. The first kappa shape index (κ1) is 10.7. The van der Waals surface area contributed by atoms with Crippen molar-refractivity contribution in [2.24, 2.45) is 0 Å². The molecular formula is C9H11ClFNS. The second kappa shape index (κ2) is 5.35. The van der Waals surface area contributed by atoms with E-state index in [2.05, 4.69) is 0 Å². The molecule has 0 aliphatic heterocycles. The molecular weight excluding hydrogens is 209 g/mol. The summed E-state index contributed by atoms with van der Waals surface area (Å²) in [5.74, 6) is 0.752. The van der Waals surface area contributed by atoms with Crippen molar-refractivity contribution in [2.75, 3.05) is 18.2 Å². The number of hydrogen-bond donors (Lipinski definition) is 1. The first-order chi connectivity index (χ1) is 6.24. The highest BCUT2D eigenvalue weighted by atomic mass is 35.5. The van der Waals surface area contributed by atoms with Crippen LogP contribution in [0.4, 0.5) is 10.1 Å². The van der Waals surface area contributed by atoms with Crippen molar-refractivity contribution in [1.29, 1.82) is 0 Å².